The van der Waals surface area contributed by atoms with Gasteiger partial charge in [-0.2, -0.15) is 4.80 Å². The molecule has 0 saturated carbocycles. The molecule has 11 nitrogen and oxygen atoms in total. The third-order valence-electron chi connectivity index (χ3n) is 5.00. The van der Waals surface area contributed by atoms with Gasteiger partial charge in [0.25, 0.3) is 0 Å². The second-order valence-electron chi connectivity index (χ2n) is 9.08. The third-order valence-corrected chi connectivity index (χ3v) is 5.00. The van der Waals surface area contributed by atoms with E-state index in [1.165, 1.54) is 16.0 Å². The van der Waals surface area contributed by atoms with Gasteiger partial charge in [0.2, 0.25) is 17.6 Å². The summed E-state index contributed by atoms with van der Waals surface area (Å²) in [7, 11) is 0. The average molecular weight is 478 g/mol. The van der Waals surface area contributed by atoms with Crippen LogP contribution < -0.4 is 5.32 Å². The number of carbonyl (C=O) groups is 2. The molecule has 11 heteroatoms. The largest absolute Gasteiger partial charge is 0.467 e. The minimum Gasteiger partial charge on any atom is -0.467 e. The van der Waals surface area contributed by atoms with Gasteiger partial charge in [0.1, 0.15) is 24.1 Å². The summed E-state index contributed by atoms with van der Waals surface area (Å²) in [5, 5.41) is 15.2. The summed E-state index contributed by atoms with van der Waals surface area (Å²) in [5.41, 5.74) is 0.102. The summed E-state index contributed by atoms with van der Waals surface area (Å²) in [6, 6.07) is 9.48. The van der Waals surface area contributed by atoms with Gasteiger partial charge in [-0.3, -0.25) is 14.6 Å². The summed E-state index contributed by atoms with van der Waals surface area (Å²) in [6.07, 6.45) is 4.68. The van der Waals surface area contributed by atoms with Crippen molar-refractivity contribution in [2.24, 2.45) is 0 Å². The fourth-order valence-electron chi connectivity index (χ4n) is 3.53. The molecule has 2 amide bonds. The molecule has 35 heavy (non-hydrogen) atoms. The van der Waals surface area contributed by atoms with Gasteiger partial charge in [-0.25, -0.2) is 0 Å². The number of rotatable bonds is 8. The quantitative estimate of drug-likeness (QED) is 0.410. The van der Waals surface area contributed by atoms with Crippen LogP contribution in [0.2, 0.25) is 0 Å². The van der Waals surface area contributed by atoms with Crippen LogP contribution in [0.25, 0.3) is 11.6 Å². The number of aryl methyl sites for hydroxylation is 1. The van der Waals surface area contributed by atoms with Crippen LogP contribution in [0.4, 0.5) is 0 Å². The zero-order chi connectivity index (χ0) is 25.0. The van der Waals surface area contributed by atoms with E-state index in [1.807, 2.05) is 27.7 Å². The van der Waals surface area contributed by atoms with Crippen molar-refractivity contribution in [3.05, 3.63) is 72.1 Å². The first-order chi connectivity index (χ1) is 16.7. The summed E-state index contributed by atoms with van der Waals surface area (Å²) < 4.78 is 11.0. The molecular weight excluding hydrogens is 450 g/mol. The Morgan fingerprint density at radius 3 is 2.54 bits per heavy atom. The van der Waals surface area contributed by atoms with Gasteiger partial charge in [0, 0.05) is 17.9 Å². The molecule has 182 valence electrons. The Labute approximate surface area is 202 Å². The molecule has 1 atom stereocenters. The van der Waals surface area contributed by atoms with Crippen LogP contribution in [-0.2, 0) is 22.7 Å². The molecule has 4 heterocycles. The van der Waals surface area contributed by atoms with E-state index in [0.717, 1.165) is 0 Å². The van der Waals surface area contributed by atoms with E-state index in [-0.39, 0.29) is 24.8 Å². The predicted molar refractivity (Wildman–Crippen MR) is 124 cm³/mol. The molecule has 0 aliphatic carbocycles. The average Bonchev–Trinajstić information content (AvgIpc) is 3.55. The van der Waals surface area contributed by atoms with Crippen LogP contribution in [0.15, 0.2) is 63.9 Å². The maximum absolute atomic E-state index is 13.6. The van der Waals surface area contributed by atoms with Crippen molar-refractivity contribution in [1.29, 1.82) is 0 Å². The molecule has 0 aromatic carbocycles. The SMILES string of the molecule is Cc1ccc(-c2nnn(CC(=O)N(Cc3ccco3)[C@H](C(=O)NC(C)(C)C)c3ccncc3)n2)o1. The molecule has 4 aromatic heterocycles. The first-order valence-corrected chi connectivity index (χ1v) is 11.1. The highest BCUT2D eigenvalue weighted by Crippen LogP contribution is 2.25. The monoisotopic (exact) mass is 477 g/mol. The molecule has 0 aliphatic rings. The number of hydrogen-bond donors (Lipinski definition) is 1. The molecular formula is C24H27N7O4. The van der Waals surface area contributed by atoms with Crippen LogP contribution >= 0.6 is 0 Å². The van der Waals surface area contributed by atoms with Crippen LogP contribution in [0.5, 0.6) is 0 Å². The molecule has 4 rings (SSSR count). The highest BCUT2D eigenvalue weighted by molar-refractivity contribution is 5.89. The van der Waals surface area contributed by atoms with Crippen LogP contribution in [0.1, 0.15) is 43.9 Å². The molecule has 0 aliphatic heterocycles. The number of carbonyl (C=O) groups excluding carboxylic acids is 2. The molecule has 4 aromatic rings. The van der Waals surface area contributed by atoms with Crippen LogP contribution in [0.3, 0.4) is 0 Å². The number of nitrogens with one attached hydrogen (secondary N) is 1. The number of hydrogen-bond acceptors (Lipinski definition) is 8. The molecule has 0 radical (unpaired) electrons. The Morgan fingerprint density at radius 2 is 1.91 bits per heavy atom. The number of pyridine rings is 1. The normalized spacial score (nSPS) is 12.3. The van der Waals surface area contributed by atoms with Gasteiger partial charge >= 0.3 is 0 Å². The summed E-state index contributed by atoms with van der Waals surface area (Å²) in [6.45, 7) is 7.28. The van der Waals surface area contributed by atoms with Crippen molar-refractivity contribution in [2.45, 2.75) is 52.4 Å². The predicted octanol–water partition coefficient (Wildman–Crippen LogP) is 2.91. The minimum atomic E-state index is -0.939. The minimum absolute atomic E-state index is 0.0648. The third kappa shape index (κ3) is 5.99. The van der Waals surface area contributed by atoms with Crippen molar-refractivity contribution in [1.82, 2.24) is 35.4 Å². The van der Waals surface area contributed by atoms with Gasteiger partial charge < -0.3 is 19.1 Å². The van der Waals surface area contributed by atoms with E-state index in [1.54, 1.807) is 48.8 Å². The Kier molecular flexibility index (Phi) is 6.76. The second-order valence-corrected chi connectivity index (χ2v) is 9.08. The van der Waals surface area contributed by atoms with Crippen molar-refractivity contribution >= 4 is 11.8 Å². The topological polar surface area (TPSA) is 132 Å². The van der Waals surface area contributed by atoms with E-state index in [0.29, 0.717) is 22.8 Å². The lowest BCUT2D eigenvalue weighted by Crippen LogP contribution is -2.49. The van der Waals surface area contributed by atoms with E-state index in [9.17, 15) is 9.59 Å². The van der Waals surface area contributed by atoms with Gasteiger partial charge in [0.15, 0.2) is 5.76 Å². The summed E-state index contributed by atoms with van der Waals surface area (Å²) in [5.74, 6) is 1.22. The molecule has 0 fully saturated rings. The molecule has 0 spiro atoms. The fraction of sp³-hybridized carbons (Fsp3) is 0.333. The summed E-state index contributed by atoms with van der Waals surface area (Å²) >= 11 is 0. The molecule has 0 unspecified atom stereocenters. The van der Waals surface area contributed by atoms with Crippen molar-refractivity contribution < 1.29 is 18.4 Å². The molecule has 0 bridgehead atoms. The van der Waals surface area contributed by atoms with Crippen molar-refractivity contribution in [3.63, 3.8) is 0 Å². The lowest BCUT2D eigenvalue weighted by atomic mass is 10.0. The molecule has 0 saturated heterocycles. The maximum Gasteiger partial charge on any atom is 0.247 e. The second kappa shape index (κ2) is 9.92. The van der Waals surface area contributed by atoms with Gasteiger partial charge in [-0.05, 0) is 74.9 Å². The van der Waals surface area contributed by atoms with Crippen molar-refractivity contribution in [3.8, 4) is 11.6 Å². The number of furan rings is 2. The smallest absolute Gasteiger partial charge is 0.247 e. The van der Waals surface area contributed by atoms with Gasteiger partial charge in [-0.15, -0.1) is 10.2 Å². The number of aromatic nitrogens is 5. The Morgan fingerprint density at radius 1 is 1.14 bits per heavy atom. The number of nitrogens with zero attached hydrogens (tertiary/aromatic N) is 6. The first kappa shape index (κ1) is 23.9. The van der Waals surface area contributed by atoms with Gasteiger partial charge in [0.05, 0.1) is 12.8 Å². The van der Waals surface area contributed by atoms with E-state index in [2.05, 4.69) is 25.7 Å². The van der Waals surface area contributed by atoms with Crippen LogP contribution in [-0.4, -0.2) is 47.4 Å². The highest BCUT2D eigenvalue weighted by atomic mass is 16.3. The standard InChI is InChI=1S/C24H27N7O4/c1-16-7-8-19(35-16)22-27-29-31(28-22)15-20(32)30(14-18-6-5-13-34-18)21(17-9-11-25-12-10-17)23(33)26-24(2,3)4/h5-13,21H,14-15H2,1-4H3,(H,26,33)/t21-/m0/s1. The lowest BCUT2D eigenvalue weighted by Gasteiger charge is -2.33. The lowest BCUT2D eigenvalue weighted by molar-refractivity contribution is -0.143. The van der Waals surface area contributed by atoms with E-state index >= 15 is 0 Å². The fourth-order valence-corrected chi connectivity index (χ4v) is 3.53. The number of amides is 2. The maximum atomic E-state index is 13.6. The van der Waals surface area contributed by atoms with E-state index in [4.69, 9.17) is 8.83 Å². The Balaban J connectivity index is 1.65. The summed E-state index contributed by atoms with van der Waals surface area (Å²) in [4.78, 5) is 33.7. The van der Waals surface area contributed by atoms with Crippen molar-refractivity contribution in [2.75, 3.05) is 0 Å². The van der Waals surface area contributed by atoms with Crippen LogP contribution in [0, 0.1) is 6.92 Å². The Hall–Kier alpha value is -4.28. The Bertz CT molecular complexity index is 1270. The van der Waals surface area contributed by atoms with Gasteiger partial charge in [-0.1, -0.05) is 0 Å². The zero-order valence-electron chi connectivity index (χ0n) is 20.0. The zero-order valence-corrected chi connectivity index (χ0v) is 20.0. The number of tetrazole rings is 1. The van der Waals surface area contributed by atoms with E-state index < -0.39 is 17.5 Å². The highest BCUT2D eigenvalue weighted by Gasteiger charge is 2.34. The molecule has 1 N–H and O–H groups in total. The first-order valence-electron chi connectivity index (χ1n) is 11.1.